The van der Waals surface area contributed by atoms with Crippen molar-refractivity contribution in [3.8, 4) is 0 Å². The highest BCUT2D eigenvalue weighted by Crippen LogP contribution is 2.21. The van der Waals surface area contributed by atoms with E-state index in [1.54, 1.807) is 17.0 Å². The Kier molecular flexibility index (Phi) is 4.96. The molecule has 5 heteroatoms. The van der Waals surface area contributed by atoms with Crippen molar-refractivity contribution in [2.45, 2.75) is 38.6 Å². The summed E-state index contributed by atoms with van der Waals surface area (Å²) in [6, 6.07) is 7.71. The molecule has 0 saturated carbocycles. The van der Waals surface area contributed by atoms with Gasteiger partial charge in [0, 0.05) is 36.8 Å². The predicted octanol–water partition coefficient (Wildman–Crippen LogP) is 2.03. The topological polar surface area (TPSA) is 52.7 Å². The average molecular weight is 315 g/mol. The number of hydrogen-bond acceptors (Lipinski definition) is 3. The summed E-state index contributed by atoms with van der Waals surface area (Å²) in [6.07, 6.45) is 4.05. The lowest BCUT2D eigenvalue weighted by molar-refractivity contribution is -0.117. The highest BCUT2D eigenvalue weighted by Gasteiger charge is 2.22. The van der Waals surface area contributed by atoms with Gasteiger partial charge in [-0.1, -0.05) is 0 Å². The fraction of sp³-hybridized carbons (Fsp3) is 0.556. The van der Waals surface area contributed by atoms with Gasteiger partial charge in [-0.25, -0.2) is 0 Å². The van der Waals surface area contributed by atoms with E-state index >= 15 is 0 Å². The SMILES string of the molecule is CC(CNC(=O)c1ccc(N2CCCC2=O)cc1)N1CCCC1. The summed E-state index contributed by atoms with van der Waals surface area (Å²) in [5, 5.41) is 3.01. The number of carbonyl (C=O) groups is 2. The Hall–Kier alpha value is -1.88. The minimum Gasteiger partial charge on any atom is -0.350 e. The molecule has 0 radical (unpaired) electrons. The molecule has 2 amide bonds. The van der Waals surface area contributed by atoms with Crippen molar-refractivity contribution < 1.29 is 9.59 Å². The van der Waals surface area contributed by atoms with Gasteiger partial charge in [-0.3, -0.25) is 14.5 Å². The third-order valence-electron chi connectivity index (χ3n) is 4.84. The lowest BCUT2D eigenvalue weighted by Gasteiger charge is -2.23. The van der Waals surface area contributed by atoms with Crippen molar-refractivity contribution in [1.29, 1.82) is 0 Å². The van der Waals surface area contributed by atoms with E-state index in [-0.39, 0.29) is 11.8 Å². The molecule has 2 heterocycles. The Morgan fingerprint density at radius 2 is 1.83 bits per heavy atom. The summed E-state index contributed by atoms with van der Waals surface area (Å²) in [5.41, 5.74) is 1.53. The standard InChI is InChI=1S/C18H25N3O2/c1-14(20-10-2-3-11-20)13-19-18(23)15-6-8-16(9-7-15)21-12-4-5-17(21)22/h6-9,14H,2-5,10-13H2,1H3,(H,19,23). The van der Waals surface area contributed by atoms with Crippen LogP contribution in [0.4, 0.5) is 5.69 Å². The predicted molar refractivity (Wildman–Crippen MR) is 90.6 cm³/mol. The van der Waals surface area contributed by atoms with Crippen LogP contribution in [0, 0.1) is 0 Å². The molecule has 2 fully saturated rings. The summed E-state index contributed by atoms with van der Waals surface area (Å²) in [6.45, 7) is 5.88. The summed E-state index contributed by atoms with van der Waals surface area (Å²) in [7, 11) is 0. The van der Waals surface area contributed by atoms with Crippen LogP contribution in [0.15, 0.2) is 24.3 Å². The number of hydrogen-bond donors (Lipinski definition) is 1. The van der Waals surface area contributed by atoms with Gasteiger partial charge in [-0.2, -0.15) is 0 Å². The molecule has 1 aromatic rings. The second kappa shape index (κ2) is 7.13. The van der Waals surface area contributed by atoms with Gasteiger partial charge < -0.3 is 10.2 Å². The lowest BCUT2D eigenvalue weighted by Crippen LogP contribution is -2.40. The van der Waals surface area contributed by atoms with Crippen LogP contribution in [0.5, 0.6) is 0 Å². The van der Waals surface area contributed by atoms with Gasteiger partial charge in [-0.05, 0) is 63.5 Å². The van der Waals surface area contributed by atoms with E-state index in [0.29, 0.717) is 24.6 Å². The van der Waals surface area contributed by atoms with Crippen molar-refractivity contribution in [2.75, 3.05) is 31.1 Å². The molecular weight excluding hydrogens is 290 g/mol. The summed E-state index contributed by atoms with van der Waals surface area (Å²) >= 11 is 0. The zero-order valence-corrected chi connectivity index (χ0v) is 13.8. The molecule has 0 spiro atoms. The van der Waals surface area contributed by atoms with Gasteiger partial charge in [-0.15, -0.1) is 0 Å². The molecule has 2 aliphatic heterocycles. The van der Waals surface area contributed by atoms with Gasteiger partial charge in [0.2, 0.25) is 5.91 Å². The third-order valence-corrected chi connectivity index (χ3v) is 4.84. The molecule has 124 valence electrons. The first-order chi connectivity index (χ1) is 11.1. The Morgan fingerprint density at radius 3 is 2.43 bits per heavy atom. The first-order valence-corrected chi connectivity index (χ1v) is 8.58. The molecule has 0 aromatic heterocycles. The first-order valence-electron chi connectivity index (χ1n) is 8.58. The Morgan fingerprint density at radius 1 is 1.13 bits per heavy atom. The smallest absolute Gasteiger partial charge is 0.251 e. The van der Waals surface area contributed by atoms with Gasteiger partial charge >= 0.3 is 0 Å². The van der Waals surface area contributed by atoms with Crippen LogP contribution < -0.4 is 10.2 Å². The number of amides is 2. The van der Waals surface area contributed by atoms with E-state index in [4.69, 9.17) is 0 Å². The average Bonchev–Trinajstić information content (AvgIpc) is 3.24. The van der Waals surface area contributed by atoms with E-state index in [9.17, 15) is 9.59 Å². The Balaban J connectivity index is 1.54. The monoisotopic (exact) mass is 315 g/mol. The van der Waals surface area contributed by atoms with Crippen LogP contribution in [0.3, 0.4) is 0 Å². The zero-order valence-electron chi connectivity index (χ0n) is 13.8. The van der Waals surface area contributed by atoms with Gasteiger partial charge in [0.25, 0.3) is 5.91 Å². The highest BCUT2D eigenvalue weighted by atomic mass is 16.2. The largest absolute Gasteiger partial charge is 0.350 e. The molecule has 0 aliphatic carbocycles. The maximum absolute atomic E-state index is 12.3. The Labute approximate surface area is 137 Å². The van der Waals surface area contributed by atoms with Crippen molar-refractivity contribution >= 4 is 17.5 Å². The number of nitrogens with zero attached hydrogens (tertiary/aromatic N) is 2. The third kappa shape index (κ3) is 3.72. The molecule has 2 aliphatic rings. The van der Waals surface area contributed by atoms with E-state index in [1.807, 2.05) is 12.1 Å². The maximum Gasteiger partial charge on any atom is 0.251 e. The molecule has 1 atom stereocenters. The van der Waals surface area contributed by atoms with Crippen LogP contribution in [0.1, 0.15) is 43.0 Å². The first kappa shape index (κ1) is 16.0. The number of rotatable bonds is 5. The van der Waals surface area contributed by atoms with Crippen LogP contribution in [0.2, 0.25) is 0 Å². The van der Waals surface area contributed by atoms with E-state index in [1.165, 1.54) is 12.8 Å². The fourth-order valence-electron chi connectivity index (χ4n) is 3.37. The van der Waals surface area contributed by atoms with Gasteiger partial charge in [0.05, 0.1) is 0 Å². The molecule has 23 heavy (non-hydrogen) atoms. The summed E-state index contributed by atoms with van der Waals surface area (Å²) in [4.78, 5) is 28.2. The van der Waals surface area contributed by atoms with Gasteiger partial charge in [0.15, 0.2) is 0 Å². The molecule has 5 nitrogen and oxygen atoms in total. The number of likely N-dealkylation sites (tertiary alicyclic amines) is 1. The van der Waals surface area contributed by atoms with Crippen LogP contribution in [0.25, 0.3) is 0 Å². The molecule has 0 bridgehead atoms. The number of anilines is 1. The van der Waals surface area contributed by atoms with E-state index < -0.39 is 0 Å². The number of carbonyl (C=O) groups excluding carboxylic acids is 2. The normalized spacial score (nSPS) is 20.0. The van der Waals surface area contributed by atoms with Crippen molar-refractivity contribution in [1.82, 2.24) is 10.2 Å². The van der Waals surface area contributed by atoms with Crippen molar-refractivity contribution in [3.63, 3.8) is 0 Å². The van der Waals surface area contributed by atoms with Crippen molar-refractivity contribution in [2.24, 2.45) is 0 Å². The number of benzene rings is 1. The zero-order chi connectivity index (χ0) is 16.2. The van der Waals surface area contributed by atoms with Crippen molar-refractivity contribution in [3.05, 3.63) is 29.8 Å². The number of nitrogens with one attached hydrogen (secondary N) is 1. The highest BCUT2D eigenvalue weighted by molar-refractivity contribution is 5.97. The quantitative estimate of drug-likeness (QED) is 0.904. The second-order valence-corrected chi connectivity index (χ2v) is 6.50. The molecule has 2 saturated heterocycles. The molecule has 1 unspecified atom stereocenters. The molecule has 1 aromatic carbocycles. The van der Waals surface area contributed by atoms with E-state index in [0.717, 1.165) is 31.7 Å². The lowest BCUT2D eigenvalue weighted by atomic mass is 10.1. The minimum atomic E-state index is -0.0460. The summed E-state index contributed by atoms with van der Waals surface area (Å²) < 4.78 is 0. The molecule has 1 N–H and O–H groups in total. The molecule has 3 rings (SSSR count). The van der Waals surface area contributed by atoms with Crippen LogP contribution in [-0.2, 0) is 4.79 Å². The fourth-order valence-corrected chi connectivity index (χ4v) is 3.37. The second-order valence-electron chi connectivity index (χ2n) is 6.50. The summed E-state index contributed by atoms with van der Waals surface area (Å²) in [5.74, 6) is 0.122. The van der Waals surface area contributed by atoms with Crippen LogP contribution >= 0.6 is 0 Å². The van der Waals surface area contributed by atoms with Crippen LogP contribution in [-0.4, -0.2) is 48.9 Å². The maximum atomic E-state index is 12.3. The van der Waals surface area contributed by atoms with Gasteiger partial charge in [0.1, 0.15) is 0 Å². The molecular formula is C18H25N3O2. The minimum absolute atomic E-state index is 0.0460. The van der Waals surface area contributed by atoms with E-state index in [2.05, 4.69) is 17.1 Å². The Bertz CT molecular complexity index is 564.